The predicted molar refractivity (Wildman–Crippen MR) is 105 cm³/mol. The maximum absolute atomic E-state index is 12.8. The summed E-state index contributed by atoms with van der Waals surface area (Å²) in [5.74, 6) is 0.129. The molecule has 26 heavy (non-hydrogen) atoms. The quantitative estimate of drug-likeness (QED) is 0.845. The third kappa shape index (κ3) is 4.52. The molecule has 3 rings (SSSR count). The van der Waals surface area contributed by atoms with Crippen molar-refractivity contribution in [1.29, 1.82) is 0 Å². The van der Waals surface area contributed by atoms with Gasteiger partial charge in [0, 0.05) is 43.6 Å². The Kier molecular flexibility index (Phi) is 5.47. The minimum absolute atomic E-state index is 0.129. The zero-order valence-electron chi connectivity index (χ0n) is 16.4. The third-order valence-corrected chi connectivity index (χ3v) is 5.03. The summed E-state index contributed by atoms with van der Waals surface area (Å²) in [6.07, 6.45) is 2.97. The van der Waals surface area contributed by atoms with Crippen LogP contribution >= 0.6 is 0 Å². The summed E-state index contributed by atoms with van der Waals surface area (Å²) < 4.78 is 1.88. The van der Waals surface area contributed by atoms with Crippen molar-refractivity contribution in [3.63, 3.8) is 0 Å². The fraction of sp³-hybridized carbons (Fsp3) is 0.524. The zero-order chi connectivity index (χ0) is 18.7. The second-order valence-corrected chi connectivity index (χ2v) is 8.38. The lowest BCUT2D eigenvalue weighted by Gasteiger charge is -2.36. The molecule has 0 aliphatic carbocycles. The van der Waals surface area contributed by atoms with Gasteiger partial charge in [-0.25, -0.2) is 4.68 Å². The molecule has 1 aliphatic rings. The molecular formula is C21H30N4O. The molecule has 140 valence electrons. The molecule has 0 N–H and O–H groups in total. The van der Waals surface area contributed by atoms with E-state index in [1.165, 1.54) is 6.42 Å². The van der Waals surface area contributed by atoms with Gasteiger partial charge in [-0.05, 0) is 55.6 Å². The Labute approximate surface area is 156 Å². The van der Waals surface area contributed by atoms with Crippen molar-refractivity contribution in [1.82, 2.24) is 19.6 Å². The molecule has 0 spiro atoms. The molecule has 0 atom stereocenters. The van der Waals surface area contributed by atoms with Crippen molar-refractivity contribution < 1.29 is 4.79 Å². The molecule has 5 heteroatoms. The molecular weight excluding hydrogens is 324 g/mol. The van der Waals surface area contributed by atoms with Gasteiger partial charge in [0.1, 0.15) is 0 Å². The molecule has 2 aromatic rings. The van der Waals surface area contributed by atoms with Gasteiger partial charge in [0.05, 0.1) is 5.69 Å². The van der Waals surface area contributed by atoms with E-state index < -0.39 is 0 Å². The highest BCUT2D eigenvalue weighted by Gasteiger charge is 2.23. The monoisotopic (exact) mass is 354 g/mol. The summed E-state index contributed by atoms with van der Waals surface area (Å²) in [6.45, 7) is 13.5. The van der Waals surface area contributed by atoms with Crippen LogP contribution in [0.4, 0.5) is 0 Å². The van der Waals surface area contributed by atoms with Crippen LogP contribution in [-0.2, 0) is 0 Å². The minimum atomic E-state index is 0.129. The van der Waals surface area contributed by atoms with E-state index in [0.717, 1.165) is 49.7 Å². The number of hydrogen-bond acceptors (Lipinski definition) is 3. The molecule has 0 bridgehead atoms. The predicted octanol–water partition coefficient (Wildman–Crippen LogP) is 3.37. The Bertz CT molecular complexity index is 734. The summed E-state index contributed by atoms with van der Waals surface area (Å²) in [6, 6.07) is 9.72. The van der Waals surface area contributed by atoms with E-state index >= 15 is 0 Å². The van der Waals surface area contributed by atoms with Crippen LogP contribution in [-0.4, -0.2) is 58.2 Å². The first-order chi connectivity index (χ1) is 12.3. The van der Waals surface area contributed by atoms with E-state index in [1.807, 2.05) is 46.8 Å². The Morgan fingerprint density at radius 3 is 2.23 bits per heavy atom. The molecule has 2 heterocycles. The van der Waals surface area contributed by atoms with E-state index in [4.69, 9.17) is 0 Å². The van der Waals surface area contributed by atoms with Gasteiger partial charge in [-0.2, -0.15) is 5.10 Å². The van der Waals surface area contributed by atoms with Crippen molar-refractivity contribution in [3.05, 3.63) is 47.8 Å². The van der Waals surface area contributed by atoms with Crippen molar-refractivity contribution in [3.8, 4) is 5.69 Å². The summed E-state index contributed by atoms with van der Waals surface area (Å²) in [7, 11) is 0. The molecule has 1 saturated heterocycles. The standard InChI is InChI=1S/C21H30N4O/c1-17-9-11-22-25(17)19-7-5-18(6-8-19)20(26)24-15-13-23(14-16-24)12-10-21(2,3)4/h5-9,11H,10,12-16H2,1-4H3. The first-order valence-electron chi connectivity index (χ1n) is 9.46. The summed E-state index contributed by atoms with van der Waals surface area (Å²) in [4.78, 5) is 17.2. The number of aromatic nitrogens is 2. The second kappa shape index (κ2) is 7.62. The topological polar surface area (TPSA) is 41.4 Å². The van der Waals surface area contributed by atoms with Gasteiger partial charge in [-0.3, -0.25) is 9.69 Å². The maximum atomic E-state index is 12.8. The minimum Gasteiger partial charge on any atom is -0.336 e. The van der Waals surface area contributed by atoms with Gasteiger partial charge in [-0.15, -0.1) is 0 Å². The fourth-order valence-electron chi connectivity index (χ4n) is 3.24. The van der Waals surface area contributed by atoms with Gasteiger partial charge in [0.25, 0.3) is 5.91 Å². The first kappa shape index (κ1) is 18.6. The van der Waals surface area contributed by atoms with Crippen LogP contribution < -0.4 is 0 Å². The Morgan fingerprint density at radius 1 is 1.04 bits per heavy atom. The number of amides is 1. The Hall–Kier alpha value is -2.14. The average molecular weight is 354 g/mol. The van der Waals surface area contributed by atoms with E-state index in [-0.39, 0.29) is 5.91 Å². The third-order valence-electron chi connectivity index (χ3n) is 5.03. The van der Waals surface area contributed by atoms with Crippen LogP contribution in [0, 0.1) is 12.3 Å². The smallest absolute Gasteiger partial charge is 0.253 e. The van der Waals surface area contributed by atoms with E-state index in [0.29, 0.717) is 5.41 Å². The van der Waals surface area contributed by atoms with Crippen molar-refractivity contribution in [2.45, 2.75) is 34.1 Å². The van der Waals surface area contributed by atoms with Gasteiger partial charge in [0.2, 0.25) is 0 Å². The van der Waals surface area contributed by atoms with E-state index in [9.17, 15) is 4.79 Å². The molecule has 1 aromatic heterocycles. The molecule has 1 fully saturated rings. The SMILES string of the molecule is Cc1ccnn1-c1ccc(C(=O)N2CCN(CCC(C)(C)C)CC2)cc1. The number of hydrogen-bond donors (Lipinski definition) is 0. The van der Waals surface area contributed by atoms with E-state index in [1.54, 1.807) is 6.20 Å². The Balaban J connectivity index is 1.56. The molecule has 1 amide bonds. The van der Waals surface area contributed by atoms with Crippen LogP contribution in [0.5, 0.6) is 0 Å². The highest BCUT2D eigenvalue weighted by Crippen LogP contribution is 2.20. The zero-order valence-corrected chi connectivity index (χ0v) is 16.4. The highest BCUT2D eigenvalue weighted by atomic mass is 16.2. The lowest BCUT2D eigenvalue weighted by Crippen LogP contribution is -2.49. The number of nitrogens with zero attached hydrogens (tertiary/aromatic N) is 4. The summed E-state index contributed by atoms with van der Waals surface area (Å²) in [5, 5.41) is 4.31. The fourth-order valence-corrected chi connectivity index (χ4v) is 3.24. The highest BCUT2D eigenvalue weighted by molar-refractivity contribution is 5.94. The first-order valence-corrected chi connectivity index (χ1v) is 9.46. The summed E-state index contributed by atoms with van der Waals surface area (Å²) in [5.41, 5.74) is 3.18. The van der Waals surface area contributed by atoms with Gasteiger partial charge < -0.3 is 4.90 Å². The molecule has 5 nitrogen and oxygen atoms in total. The van der Waals surface area contributed by atoms with E-state index in [2.05, 4.69) is 30.8 Å². The normalized spacial score (nSPS) is 16.1. The van der Waals surface area contributed by atoms with Crippen molar-refractivity contribution in [2.75, 3.05) is 32.7 Å². The largest absolute Gasteiger partial charge is 0.336 e. The van der Waals surface area contributed by atoms with Crippen LogP contribution in [0.3, 0.4) is 0 Å². The molecule has 1 aliphatic heterocycles. The maximum Gasteiger partial charge on any atom is 0.253 e. The molecule has 0 unspecified atom stereocenters. The number of carbonyl (C=O) groups excluding carboxylic acids is 1. The number of benzene rings is 1. The lowest BCUT2D eigenvalue weighted by molar-refractivity contribution is 0.0623. The van der Waals surface area contributed by atoms with Crippen molar-refractivity contribution >= 4 is 5.91 Å². The van der Waals surface area contributed by atoms with Crippen LogP contribution in [0.1, 0.15) is 43.2 Å². The molecule has 0 radical (unpaired) electrons. The van der Waals surface area contributed by atoms with Gasteiger partial charge >= 0.3 is 0 Å². The number of rotatable bonds is 4. The number of aryl methyl sites for hydroxylation is 1. The van der Waals surface area contributed by atoms with Gasteiger partial charge in [0.15, 0.2) is 0 Å². The van der Waals surface area contributed by atoms with Crippen LogP contribution in [0.25, 0.3) is 5.69 Å². The molecule has 0 saturated carbocycles. The molecule has 1 aromatic carbocycles. The number of piperazine rings is 1. The average Bonchev–Trinajstić information content (AvgIpc) is 3.05. The van der Waals surface area contributed by atoms with Crippen molar-refractivity contribution in [2.24, 2.45) is 5.41 Å². The Morgan fingerprint density at radius 2 is 1.69 bits per heavy atom. The van der Waals surface area contributed by atoms with Crippen LogP contribution in [0.15, 0.2) is 36.5 Å². The van der Waals surface area contributed by atoms with Crippen LogP contribution in [0.2, 0.25) is 0 Å². The van der Waals surface area contributed by atoms with Gasteiger partial charge in [-0.1, -0.05) is 20.8 Å². The lowest BCUT2D eigenvalue weighted by atomic mass is 9.92. The number of carbonyl (C=O) groups is 1. The summed E-state index contributed by atoms with van der Waals surface area (Å²) >= 11 is 0. The second-order valence-electron chi connectivity index (χ2n) is 8.38.